The Bertz CT molecular complexity index is 363. The summed E-state index contributed by atoms with van der Waals surface area (Å²) < 4.78 is 4.40. The molecule has 88 valence electrons. The lowest BCUT2D eigenvalue weighted by Crippen LogP contribution is -1.96. The largest absolute Gasteiger partial charge is 0.478 e. The third-order valence-corrected chi connectivity index (χ3v) is 1.48. The third-order valence-electron chi connectivity index (χ3n) is 1.48. The van der Waals surface area contributed by atoms with Crippen LogP contribution in [0.3, 0.4) is 0 Å². The van der Waals surface area contributed by atoms with Crippen LogP contribution in [0.2, 0.25) is 0 Å². The zero-order valence-corrected chi connectivity index (χ0v) is 9.27. The molecule has 0 radical (unpaired) electrons. The van der Waals surface area contributed by atoms with E-state index in [0.717, 1.165) is 0 Å². The Labute approximate surface area is 93.8 Å². The van der Waals surface area contributed by atoms with E-state index in [2.05, 4.69) is 4.74 Å². The molecular formula is C11H15NO4. The third kappa shape index (κ3) is 6.42. The highest BCUT2D eigenvalue weighted by atomic mass is 16.5. The summed E-state index contributed by atoms with van der Waals surface area (Å²) in [6.07, 6.45) is 0. The summed E-state index contributed by atoms with van der Waals surface area (Å²) in [5, 5.41) is 8.45. The van der Waals surface area contributed by atoms with Gasteiger partial charge in [-0.3, -0.25) is 4.79 Å². The van der Waals surface area contributed by atoms with Gasteiger partial charge in [0.05, 0.1) is 12.2 Å². The smallest absolute Gasteiger partial charge is 0.335 e. The molecule has 0 amide bonds. The predicted molar refractivity (Wildman–Crippen MR) is 60.1 cm³/mol. The zero-order chi connectivity index (χ0) is 12.6. The predicted octanol–water partition coefficient (Wildman–Crippen LogP) is 1.54. The summed E-state index contributed by atoms with van der Waals surface area (Å²) in [5.41, 5.74) is 6.03. The molecule has 0 saturated heterocycles. The lowest BCUT2D eigenvalue weighted by molar-refractivity contribution is -0.140. The molecule has 5 nitrogen and oxygen atoms in total. The van der Waals surface area contributed by atoms with Crippen molar-refractivity contribution in [3.63, 3.8) is 0 Å². The number of rotatable bonds is 2. The van der Waals surface area contributed by atoms with E-state index in [1.165, 1.54) is 19.1 Å². The van der Waals surface area contributed by atoms with Crippen molar-refractivity contribution in [2.24, 2.45) is 0 Å². The molecule has 1 aromatic carbocycles. The molecule has 0 aliphatic rings. The Balaban J connectivity index is 0.000000325. The van der Waals surface area contributed by atoms with Gasteiger partial charge in [-0.25, -0.2) is 4.79 Å². The number of carbonyl (C=O) groups is 2. The minimum Gasteiger partial charge on any atom is -0.478 e. The molecule has 0 atom stereocenters. The maximum Gasteiger partial charge on any atom is 0.335 e. The van der Waals surface area contributed by atoms with Crippen LogP contribution in [0.25, 0.3) is 0 Å². The molecule has 0 unspecified atom stereocenters. The highest BCUT2D eigenvalue weighted by molar-refractivity contribution is 5.88. The topological polar surface area (TPSA) is 89.6 Å². The molecule has 0 aromatic heterocycles. The monoisotopic (exact) mass is 225 g/mol. The zero-order valence-electron chi connectivity index (χ0n) is 9.27. The summed E-state index contributed by atoms with van der Waals surface area (Å²) in [6, 6.07) is 6.17. The van der Waals surface area contributed by atoms with Gasteiger partial charge in [-0.05, 0) is 25.1 Å². The highest BCUT2D eigenvalue weighted by Gasteiger charge is 1.99. The van der Waals surface area contributed by atoms with Gasteiger partial charge in [0.25, 0.3) is 0 Å². The Morgan fingerprint density at radius 2 is 2.06 bits per heavy atom. The van der Waals surface area contributed by atoms with Crippen LogP contribution in [0.4, 0.5) is 5.69 Å². The Hall–Kier alpha value is -2.04. The van der Waals surface area contributed by atoms with Gasteiger partial charge >= 0.3 is 11.9 Å². The minimum atomic E-state index is -0.952. The second-order valence-electron chi connectivity index (χ2n) is 2.86. The number of carboxylic acids is 1. The van der Waals surface area contributed by atoms with Crippen molar-refractivity contribution >= 4 is 17.6 Å². The van der Waals surface area contributed by atoms with Gasteiger partial charge in [0.2, 0.25) is 0 Å². The minimum absolute atomic E-state index is 0.211. The van der Waals surface area contributed by atoms with Gasteiger partial charge in [-0.1, -0.05) is 6.07 Å². The molecule has 0 bridgehead atoms. The van der Waals surface area contributed by atoms with Crippen LogP contribution in [0.5, 0.6) is 0 Å². The van der Waals surface area contributed by atoms with Gasteiger partial charge in [0.1, 0.15) is 0 Å². The number of hydrogen-bond donors (Lipinski definition) is 2. The number of carboxylic acid groups (broad SMARTS) is 1. The normalized spacial score (nSPS) is 8.62. The molecule has 0 aliphatic carbocycles. The molecule has 3 N–H and O–H groups in total. The summed E-state index contributed by atoms with van der Waals surface area (Å²) in [5.74, 6) is -1.16. The van der Waals surface area contributed by atoms with E-state index in [9.17, 15) is 9.59 Å². The lowest BCUT2D eigenvalue weighted by atomic mass is 10.2. The fourth-order valence-electron chi connectivity index (χ4n) is 0.875. The van der Waals surface area contributed by atoms with E-state index in [-0.39, 0.29) is 11.5 Å². The lowest BCUT2D eigenvalue weighted by Gasteiger charge is -1.93. The molecule has 0 heterocycles. The van der Waals surface area contributed by atoms with E-state index in [0.29, 0.717) is 12.3 Å². The first-order valence-corrected chi connectivity index (χ1v) is 4.69. The summed E-state index contributed by atoms with van der Waals surface area (Å²) in [6.45, 7) is 3.65. The Kier molecular flexibility index (Phi) is 6.35. The quantitative estimate of drug-likeness (QED) is 0.588. The van der Waals surface area contributed by atoms with Gasteiger partial charge in [0, 0.05) is 12.6 Å². The number of hydrogen-bond acceptors (Lipinski definition) is 4. The van der Waals surface area contributed by atoms with Crippen LogP contribution in [0, 0.1) is 0 Å². The molecule has 0 aliphatic heterocycles. The van der Waals surface area contributed by atoms with Gasteiger partial charge in [-0.2, -0.15) is 0 Å². The van der Waals surface area contributed by atoms with E-state index in [1.807, 2.05) is 0 Å². The number of nitrogen functional groups attached to an aromatic ring is 1. The van der Waals surface area contributed by atoms with E-state index in [4.69, 9.17) is 10.8 Å². The standard InChI is InChI=1S/C7H7NO2.C4H8O2/c8-6-3-1-2-5(4-6)7(9)10;1-3-6-4(2)5/h1-4H,8H2,(H,9,10);3H2,1-2H3. The molecule has 0 spiro atoms. The fourth-order valence-corrected chi connectivity index (χ4v) is 0.875. The van der Waals surface area contributed by atoms with Crippen molar-refractivity contribution in [1.29, 1.82) is 0 Å². The van der Waals surface area contributed by atoms with Crippen molar-refractivity contribution in [2.75, 3.05) is 12.3 Å². The summed E-state index contributed by atoms with van der Waals surface area (Å²) in [7, 11) is 0. The first-order valence-electron chi connectivity index (χ1n) is 4.69. The molecule has 0 fully saturated rings. The van der Waals surface area contributed by atoms with Crippen molar-refractivity contribution in [3.05, 3.63) is 29.8 Å². The van der Waals surface area contributed by atoms with E-state index >= 15 is 0 Å². The molecule has 16 heavy (non-hydrogen) atoms. The molecule has 0 saturated carbocycles. The van der Waals surface area contributed by atoms with Crippen molar-refractivity contribution in [1.82, 2.24) is 0 Å². The average molecular weight is 225 g/mol. The maximum absolute atomic E-state index is 10.3. The van der Waals surface area contributed by atoms with Crippen LogP contribution in [0.15, 0.2) is 24.3 Å². The number of benzene rings is 1. The first kappa shape index (κ1) is 14.0. The van der Waals surface area contributed by atoms with E-state index < -0.39 is 5.97 Å². The average Bonchev–Trinajstić information content (AvgIpc) is 2.18. The van der Waals surface area contributed by atoms with Crippen molar-refractivity contribution in [2.45, 2.75) is 13.8 Å². The molecule has 1 aromatic rings. The van der Waals surface area contributed by atoms with Crippen LogP contribution in [-0.2, 0) is 9.53 Å². The summed E-state index contributed by atoms with van der Waals surface area (Å²) >= 11 is 0. The Morgan fingerprint density at radius 1 is 1.44 bits per heavy atom. The van der Waals surface area contributed by atoms with Gasteiger partial charge < -0.3 is 15.6 Å². The van der Waals surface area contributed by atoms with Crippen LogP contribution < -0.4 is 5.73 Å². The number of aromatic carboxylic acids is 1. The van der Waals surface area contributed by atoms with Gasteiger partial charge in [-0.15, -0.1) is 0 Å². The van der Waals surface area contributed by atoms with Crippen molar-refractivity contribution < 1.29 is 19.4 Å². The second kappa shape index (κ2) is 7.28. The number of anilines is 1. The highest BCUT2D eigenvalue weighted by Crippen LogP contribution is 2.05. The van der Waals surface area contributed by atoms with Crippen LogP contribution in [0.1, 0.15) is 24.2 Å². The fraction of sp³-hybridized carbons (Fsp3) is 0.273. The molecular weight excluding hydrogens is 210 g/mol. The van der Waals surface area contributed by atoms with Crippen LogP contribution >= 0.6 is 0 Å². The summed E-state index contributed by atoms with van der Waals surface area (Å²) in [4.78, 5) is 20.1. The van der Waals surface area contributed by atoms with Crippen LogP contribution in [-0.4, -0.2) is 23.7 Å². The Morgan fingerprint density at radius 3 is 2.31 bits per heavy atom. The number of nitrogens with two attached hydrogens (primary N) is 1. The molecule has 1 rings (SSSR count). The van der Waals surface area contributed by atoms with Crippen molar-refractivity contribution in [3.8, 4) is 0 Å². The molecule has 5 heteroatoms. The SMILES string of the molecule is CCOC(C)=O.Nc1cccc(C(=O)O)c1. The number of carbonyl (C=O) groups excluding carboxylic acids is 1. The first-order chi connectivity index (χ1) is 7.47. The second-order valence-corrected chi connectivity index (χ2v) is 2.86. The number of esters is 1. The van der Waals surface area contributed by atoms with E-state index in [1.54, 1.807) is 19.1 Å². The van der Waals surface area contributed by atoms with Gasteiger partial charge in [0.15, 0.2) is 0 Å². The maximum atomic E-state index is 10.3. The number of ether oxygens (including phenoxy) is 1.